The van der Waals surface area contributed by atoms with Crippen molar-refractivity contribution in [1.29, 1.82) is 0 Å². The number of hydrogen-bond acceptors (Lipinski definition) is 3. The molecule has 1 aromatic rings. The Morgan fingerprint density at radius 2 is 2.00 bits per heavy atom. The van der Waals surface area contributed by atoms with E-state index in [0.717, 1.165) is 19.6 Å². The summed E-state index contributed by atoms with van der Waals surface area (Å²) in [5, 5.41) is 2.70. The molecule has 0 atom stereocenters. The van der Waals surface area contributed by atoms with E-state index in [1.807, 2.05) is 0 Å². The van der Waals surface area contributed by atoms with Gasteiger partial charge in [0.2, 0.25) is 0 Å². The molecule has 0 heterocycles. The fraction of sp³-hybridized carbons (Fsp3) is 0.533. The smallest absolute Gasteiger partial charge is 0.251 e. The molecule has 0 saturated heterocycles. The van der Waals surface area contributed by atoms with Crippen molar-refractivity contribution in [3.8, 4) is 0 Å². The second kappa shape index (κ2) is 9.87. The van der Waals surface area contributed by atoms with Crippen LogP contribution in [0, 0.1) is 5.82 Å². The highest BCUT2D eigenvalue weighted by molar-refractivity contribution is 9.10. The predicted octanol–water partition coefficient (Wildman–Crippen LogP) is 2.68. The molecule has 1 rings (SSSR count). The fourth-order valence-electron chi connectivity index (χ4n) is 1.86. The molecule has 118 valence electrons. The molecule has 21 heavy (non-hydrogen) atoms. The van der Waals surface area contributed by atoms with Gasteiger partial charge in [-0.1, -0.05) is 29.8 Å². The van der Waals surface area contributed by atoms with Crippen molar-refractivity contribution in [3.63, 3.8) is 0 Å². The Balaban J connectivity index is 2.22. The SMILES string of the molecule is CCN(CC)CCOCCNC(=O)c1cc(F)cc(Br)c1. The molecule has 0 spiro atoms. The van der Waals surface area contributed by atoms with Crippen molar-refractivity contribution in [1.82, 2.24) is 10.2 Å². The number of likely N-dealkylation sites (N-methyl/N-ethyl adjacent to an activating group) is 1. The second-order valence-electron chi connectivity index (χ2n) is 4.55. The third kappa shape index (κ3) is 7.02. The first-order valence-corrected chi connectivity index (χ1v) is 7.90. The van der Waals surface area contributed by atoms with Crippen LogP contribution in [0.4, 0.5) is 4.39 Å². The van der Waals surface area contributed by atoms with Crippen molar-refractivity contribution in [2.75, 3.05) is 39.4 Å². The first-order valence-electron chi connectivity index (χ1n) is 7.11. The van der Waals surface area contributed by atoms with Crippen LogP contribution < -0.4 is 5.32 Å². The number of carbonyl (C=O) groups excluding carboxylic acids is 1. The average molecular weight is 361 g/mol. The van der Waals surface area contributed by atoms with E-state index in [9.17, 15) is 9.18 Å². The zero-order chi connectivity index (χ0) is 15.7. The van der Waals surface area contributed by atoms with Gasteiger partial charge in [0.25, 0.3) is 5.91 Å². The normalized spacial score (nSPS) is 10.9. The van der Waals surface area contributed by atoms with E-state index in [0.29, 0.717) is 29.8 Å². The number of hydrogen-bond donors (Lipinski definition) is 1. The van der Waals surface area contributed by atoms with Crippen LogP contribution in [0.15, 0.2) is 22.7 Å². The number of ether oxygens (including phenoxy) is 1. The molecule has 1 amide bonds. The van der Waals surface area contributed by atoms with Gasteiger partial charge in [0.15, 0.2) is 0 Å². The van der Waals surface area contributed by atoms with Gasteiger partial charge in [-0.3, -0.25) is 4.79 Å². The quantitative estimate of drug-likeness (QED) is 0.688. The Morgan fingerprint density at radius 3 is 2.62 bits per heavy atom. The van der Waals surface area contributed by atoms with Gasteiger partial charge in [-0.05, 0) is 31.3 Å². The molecule has 0 fully saturated rings. The van der Waals surface area contributed by atoms with E-state index in [1.165, 1.54) is 12.1 Å². The number of nitrogens with one attached hydrogen (secondary N) is 1. The van der Waals surface area contributed by atoms with Crippen LogP contribution in [0.2, 0.25) is 0 Å². The lowest BCUT2D eigenvalue weighted by Gasteiger charge is -2.17. The van der Waals surface area contributed by atoms with Gasteiger partial charge in [0.05, 0.1) is 13.2 Å². The first-order chi connectivity index (χ1) is 10.1. The molecule has 6 heteroatoms. The molecule has 0 unspecified atom stereocenters. The Labute approximate surface area is 133 Å². The van der Waals surface area contributed by atoms with E-state index < -0.39 is 5.82 Å². The monoisotopic (exact) mass is 360 g/mol. The van der Waals surface area contributed by atoms with Crippen LogP contribution in [-0.4, -0.2) is 50.2 Å². The predicted molar refractivity (Wildman–Crippen MR) is 85.0 cm³/mol. The molecule has 0 saturated carbocycles. The molecular weight excluding hydrogens is 339 g/mol. The molecular formula is C15H22BrFN2O2. The van der Waals surface area contributed by atoms with Crippen LogP contribution in [0.1, 0.15) is 24.2 Å². The average Bonchev–Trinajstić information content (AvgIpc) is 2.45. The standard InChI is InChI=1S/C15H22BrFN2O2/c1-3-19(4-2)6-8-21-7-5-18-15(20)12-9-13(16)11-14(17)10-12/h9-11H,3-8H2,1-2H3,(H,18,20). The zero-order valence-corrected chi connectivity index (χ0v) is 14.1. The zero-order valence-electron chi connectivity index (χ0n) is 12.5. The molecule has 4 nitrogen and oxygen atoms in total. The molecule has 0 aliphatic rings. The summed E-state index contributed by atoms with van der Waals surface area (Å²) in [7, 11) is 0. The first kappa shape index (κ1) is 18.1. The fourth-order valence-corrected chi connectivity index (χ4v) is 2.32. The van der Waals surface area contributed by atoms with E-state index >= 15 is 0 Å². The number of benzene rings is 1. The summed E-state index contributed by atoms with van der Waals surface area (Å²) in [4.78, 5) is 14.1. The Morgan fingerprint density at radius 1 is 1.29 bits per heavy atom. The van der Waals surface area contributed by atoms with Crippen molar-refractivity contribution < 1.29 is 13.9 Å². The minimum Gasteiger partial charge on any atom is -0.378 e. The van der Waals surface area contributed by atoms with Gasteiger partial charge in [0.1, 0.15) is 5.82 Å². The van der Waals surface area contributed by atoms with Gasteiger partial charge in [-0.2, -0.15) is 0 Å². The maximum Gasteiger partial charge on any atom is 0.251 e. The topological polar surface area (TPSA) is 41.6 Å². The summed E-state index contributed by atoms with van der Waals surface area (Å²) in [5.41, 5.74) is 0.296. The van der Waals surface area contributed by atoms with Crippen molar-refractivity contribution in [2.24, 2.45) is 0 Å². The lowest BCUT2D eigenvalue weighted by Crippen LogP contribution is -2.30. The number of amides is 1. The molecule has 1 aromatic carbocycles. The van der Waals surface area contributed by atoms with Crippen molar-refractivity contribution >= 4 is 21.8 Å². The largest absolute Gasteiger partial charge is 0.378 e. The molecule has 0 aliphatic heterocycles. The van der Waals surface area contributed by atoms with E-state index in [4.69, 9.17) is 4.74 Å². The van der Waals surface area contributed by atoms with Gasteiger partial charge in [-0.15, -0.1) is 0 Å². The molecule has 1 N–H and O–H groups in total. The number of carbonyl (C=O) groups is 1. The Hall–Kier alpha value is -0.980. The summed E-state index contributed by atoms with van der Waals surface area (Å²) in [6, 6.07) is 4.11. The van der Waals surface area contributed by atoms with Crippen LogP contribution in [0.3, 0.4) is 0 Å². The number of rotatable bonds is 9. The summed E-state index contributed by atoms with van der Waals surface area (Å²) in [6.45, 7) is 8.62. The number of halogens is 2. The minimum atomic E-state index is -0.440. The highest BCUT2D eigenvalue weighted by Gasteiger charge is 2.07. The van der Waals surface area contributed by atoms with Gasteiger partial charge in [0, 0.05) is 23.1 Å². The molecule has 0 aromatic heterocycles. The summed E-state index contributed by atoms with van der Waals surface area (Å²) < 4.78 is 19.2. The Bertz CT molecular complexity index is 433. The van der Waals surface area contributed by atoms with E-state index in [1.54, 1.807) is 6.07 Å². The van der Waals surface area contributed by atoms with Gasteiger partial charge >= 0.3 is 0 Å². The van der Waals surface area contributed by atoms with E-state index in [2.05, 4.69) is 40.0 Å². The van der Waals surface area contributed by atoms with Crippen LogP contribution in [0.25, 0.3) is 0 Å². The summed E-state index contributed by atoms with van der Waals surface area (Å²) >= 11 is 3.16. The highest BCUT2D eigenvalue weighted by atomic mass is 79.9. The van der Waals surface area contributed by atoms with E-state index in [-0.39, 0.29) is 5.91 Å². The van der Waals surface area contributed by atoms with Crippen molar-refractivity contribution in [2.45, 2.75) is 13.8 Å². The third-order valence-corrected chi connectivity index (χ3v) is 3.56. The molecule has 0 bridgehead atoms. The molecule has 0 radical (unpaired) electrons. The van der Waals surface area contributed by atoms with Crippen LogP contribution >= 0.6 is 15.9 Å². The van der Waals surface area contributed by atoms with Gasteiger partial charge < -0.3 is 15.0 Å². The number of nitrogens with zero attached hydrogens (tertiary/aromatic N) is 1. The summed E-state index contributed by atoms with van der Waals surface area (Å²) in [5.74, 6) is -0.743. The lowest BCUT2D eigenvalue weighted by atomic mass is 10.2. The van der Waals surface area contributed by atoms with Gasteiger partial charge in [-0.25, -0.2) is 4.39 Å². The maximum absolute atomic E-state index is 13.2. The summed E-state index contributed by atoms with van der Waals surface area (Å²) in [6.07, 6.45) is 0. The molecule has 0 aliphatic carbocycles. The third-order valence-electron chi connectivity index (χ3n) is 3.10. The Kier molecular flexibility index (Phi) is 8.49. The van der Waals surface area contributed by atoms with Crippen LogP contribution in [-0.2, 0) is 4.74 Å². The van der Waals surface area contributed by atoms with Crippen LogP contribution in [0.5, 0.6) is 0 Å². The maximum atomic E-state index is 13.2. The second-order valence-corrected chi connectivity index (χ2v) is 5.47. The minimum absolute atomic E-state index is 0.296. The van der Waals surface area contributed by atoms with Crippen molar-refractivity contribution in [3.05, 3.63) is 34.1 Å². The highest BCUT2D eigenvalue weighted by Crippen LogP contribution is 2.14. The lowest BCUT2D eigenvalue weighted by molar-refractivity contribution is 0.0884.